The molecule has 0 aromatic heterocycles. The summed E-state index contributed by atoms with van der Waals surface area (Å²) in [7, 11) is 0. The lowest BCUT2D eigenvalue weighted by Gasteiger charge is -2.07. The van der Waals surface area contributed by atoms with E-state index in [4.69, 9.17) is 19.4 Å². The number of ether oxygens (including phenoxy) is 2. The van der Waals surface area contributed by atoms with Crippen LogP contribution >= 0.6 is 0 Å². The maximum atomic E-state index is 8.52. The molecule has 0 spiro atoms. The molecule has 0 aromatic carbocycles. The number of aliphatic hydroxyl groups excluding tert-OH is 1. The molecule has 0 bridgehead atoms. The van der Waals surface area contributed by atoms with Crippen molar-refractivity contribution in [2.45, 2.75) is 71.1 Å². The SMILES string of the molecule is CCCCCCCCCCCCNOCCOCCOCCO. The summed E-state index contributed by atoms with van der Waals surface area (Å²) in [6, 6.07) is 0. The summed E-state index contributed by atoms with van der Waals surface area (Å²) in [6.07, 6.45) is 13.5. The maximum absolute atomic E-state index is 8.52. The third kappa shape index (κ3) is 21.8. The Morgan fingerprint density at radius 3 is 1.78 bits per heavy atom. The molecule has 0 aromatic rings. The van der Waals surface area contributed by atoms with Gasteiger partial charge in [0.25, 0.3) is 0 Å². The van der Waals surface area contributed by atoms with Crippen molar-refractivity contribution in [3.05, 3.63) is 0 Å². The van der Waals surface area contributed by atoms with Gasteiger partial charge in [-0.2, -0.15) is 0 Å². The van der Waals surface area contributed by atoms with Gasteiger partial charge in [0.2, 0.25) is 0 Å². The number of rotatable bonds is 20. The van der Waals surface area contributed by atoms with E-state index in [1.807, 2.05) is 0 Å². The highest BCUT2D eigenvalue weighted by Crippen LogP contribution is 2.10. The largest absolute Gasteiger partial charge is 0.394 e. The van der Waals surface area contributed by atoms with Gasteiger partial charge in [-0.3, -0.25) is 4.84 Å². The van der Waals surface area contributed by atoms with Gasteiger partial charge in [-0.1, -0.05) is 64.7 Å². The first kappa shape index (κ1) is 22.8. The van der Waals surface area contributed by atoms with Crippen LogP contribution < -0.4 is 5.48 Å². The van der Waals surface area contributed by atoms with Gasteiger partial charge in [-0.25, -0.2) is 5.48 Å². The minimum absolute atomic E-state index is 0.0615. The predicted molar refractivity (Wildman–Crippen MR) is 94.5 cm³/mol. The highest BCUT2D eigenvalue weighted by Gasteiger charge is 1.94. The number of nitrogens with one attached hydrogen (secondary N) is 1. The minimum atomic E-state index is 0.0615. The zero-order chi connectivity index (χ0) is 16.8. The van der Waals surface area contributed by atoms with Gasteiger partial charge in [-0.15, -0.1) is 0 Å². The fourth-order valence-corrected chi connectivity index (χ4v) is 2.32. The van der Waals surface area contributed by atoms with Gasteiger partial charge in [0, 0.05) is 6.54 Å². The summed E-state index contributed by atoms with van der Waals surface area (Å²) in [6.45, 7) is 5.79. The highest BCUT2D eigenvalue weighted by atomic mass is 16.7. The first-order valence-corrected chi connectivity index (χ1v) is 9.52. The first-order chi connectivity index (χ1) is 11.4. The van der Waals surface area contributed by atoms with Crippen molar-refractivity contribution in [1.82, 2.24) is 5.48 Å². The summed E-state index contributed by atoms with van der Waals surface area (Å²) in [5.41, 5.74) is 2.98. The fraction of sp³-hybridized carbons (Fsp3) is 1.00. The van der Waals surface area contributed by atoms with Gasteiger partial charge in [0.05, 0.1) is 39.6 Å². The van der Waals surface area contributed by atoms with Gasteiger partial charge in [0.15, 0.2) is 0 Å². The highest BCUT2D eigenvalue weighted by molar-refractivity contribution is 4.48. The van der Waals surface area contributed by atoms with E-state index in [0.29, 0.717) is 33.0 Å². The molecule has 0 saturated carbocycles. The van der Waals surface area contributed by atoms with Gasteiger partial charge in [-0.05, 0) is 6.42 Å². The van der Waals surface area contributed by atoms with Crippen molar-refractivity contribution in [3.8, 4) is 0 Å². The van der Waals surface area contributed by atoms with Crippen molar-refractivity contribution in [2.75, 3.05) is 46.2 Å². The summed E-state index contributed by atoms with van der Waals surface area (Å²) < 4.78 is 10.4. The molecule has 140 valence electrons. The molecular weight excluding hydrogens is 294 g/mol. The van der Waals surface area contributed by atoms with Crippen LogP contribution in [0, 0.1) is 0 Å². The Kier molecular flexibility index (Phi) is 21.6. The Morgan fingerprint density at radius 1 is 0.652 bits per heavy atom. The molecule has 0 rings (SSSR count). The third-order valence-corrected chi connectivity index (χ3v) is 3.67. The molecule has 5 nitrogen and oxygen atoms in total. The topological polar surface area (TPSA) is 60.0 Å². The molecule has 0 heterocycles. The van der Waals surface area contributed by atoms with Crippen LogP contribution in [0.2, 0.25) is 0 Å². The number of hydrogen-bond donors (Lipinski definition) is 2. The van der Waals surface area contributed by atoms with E-state index in [1.165, 1.54) is 64.2 Å². The zero-order valence-corrected chi connectivity index (χ0v) is 15.2. The van der Waals surface area contributed by atoms with E-state index in [-0.39, 0.29) is 6.61 Å². The number of hydroxylamine groups is 1. The first-order valence-electron chi connectivity index (χ1n) is 9.52. The Morgan fingerprint density at radius 2 is 1.17 bits per heavy atom. The van der Waals surface area contributed by atoms with Gasteiger partial charge in [0.1, 0.15) is 0 Å². The Labute approximate surface area is 143 Å². The molecule has 0 fully saturated rings. The smallest absolute Gasteiger partial charge is 0.0916 e. The lowest BCUT2D eigenvalue weighted by atomic mass is 10.1. The Bertz CT molecular complexity index is 185. The summed E-state index contributed by atoms with van der Waals surface area (Å²) >= 11 is 0. The summed E-state index contributed by atoms with van der Waals surface area (Å²) in [4.78, 5) is 5.29. The van der Waals surface area contributed by atoms with Crippen LogP contribution in [0.4, 0.5) is 0 Å². The van der Waals surface area contributed by atoms with Crippen molar-refractivity contribution < 1.29 is 19.4 Å². The molecule has 2 N–H and O–H groups in total. The lowest BCUT2D eigenvalue weighted by Crippen LogP contribution is -2.19. The van der Waals surface area contributed by atoms with E-state index >= 15 is 0 Å². The third-order valence-electron chi connectivity index (χ3n) is 3.67. The molecule has 0 aliphatic carbocycles. The lowest BCUT2D eigenvalue weighted by molar-refractivity contribution is -0.0212. The normalized spacial score (nSPS) is 11.2. The second kappa shape index (κ2) is 21.8. The number of unbranched alkanes of at least 4 members (excludes halogenated alkanes) is 9. The van der Waals surface area contributed by atoms with Crippen molar-refractivity contribution in [3.63, 3.8) is 0 Å². The number of hydrogen-bond acceptors (Lipinski definition) is 5. The van der Waals surface area contributed by atoms with Crippen molar-refractivity contribution in [1.29, 1.82) is 0 Å². The van der Waals surface area contributed by atoms with E-state index in [0.717, 1.165) is 6.54 Å². The second-order valence-electron chi connectivity index (χ2n) is 5.87. The van der Waals surface area contributed by atoms with Crippen molar-refractivity contribution in [2.24, 2.45) is 0 Å². The number of aliphatic hydroxyl groups is 1. The quantitative estimate of drug-likeness (QED) is 0.264. The Balaban J connectivity index is 2.92. The van der Waals surface area contributed by atoms with Gasteiger partial charge >= 0.3 is 0 Å². The zero-order valence-electron chi connectivity index (χ0n) is 15.2. The van der Waals surface area contributed by atoms with Crippen LogP contribution in [0.15, 0.2) is 0 Å². The minimum Gasteiger partial charge on any atom is -0.394 e. The predicted octanol–water partition coefficient (Wildman–Crippen LogP) is 3.45. The summed E-state index contributed by atoms with van der Waals surface area (Å²) in [5.74, 6) is 0. The molecule has 0 radical (unpaired) electrons. The molecule has 0 unspecified atom stereocenters. The van der Waals surface area contributed by atoms with Crippen LogP contribution in [0.25, 0.3) is 0 Å². The molecule has 0 aliphatic rings. The monoisotopic (exact) mass is 333 g/mol. The standard InChI is InChI=1S/C18H39NO4/c1-2-3-4-5-6-7-8-9-10-11-12-19-23-18-17-22-16-15-21-14-13-20/h19-20H,2-18H2,1H3. The van der Waals surface area contributed by atoms with E-state index in [2.05, 4.69) is 12.4 Å². The van der Waals surface area contributed by atoms with Crippen LogP contribution in [-0.2, 0) is 14.3 Å². The van der Waals surface area contributed by atoms with Crippen LogP contribution in [0.3, 0.4) is 0 Å². The Hall–Kier alpha value is -0.200. The molecule has 0 amide bonds. The van der Waals surface area contributed by atoms with Crippen LogP contribution in [0.1, 0.15) is 71.1 Å². The molecule has 0 aliphatic heterocycles. The molecule has 5 heteroatoms. The maximum Gasteiger partial charge on any atom is 0.0916 e. The summed E-state index contributed by atoms with van der Waals surface area (Å²) in [5, 5.41) is 8.52. The average molecular weight is 334 g/mol. The second-order valence-corrected chi connectivity index (χ2v) is 5.87. The van der Waals surface area contributed by atoms with E-state index in [9.17, 15) is 0 Å². The van der Waals surface area contributed by atoms with Gasteiger partial charge < -0.3 is 14.6 Å². The molecule has 0 saturated heterocycles. The van der Waals surface area contributed by atoms with Crippen LogP contribution in [0.5, 0.6) is 0 Å². The molecule has 23 heavy (non-hydrogen) atoms. The van der Waals surface area contributed by atoms with Crippen LogP contribution in [-0.4, -0.2) is 51.3 Å². The average Bonchev–Trinajstić information content (AvgIpc) is 2.57. The van der Waals surface area contributed by atoms with E-state index in [1.54, 1.807) is 0 Å². The van der Waals surface area contributed by atoms with Crippen molar-refractivity contribution >= 4 is 0 Å². The molecule has 0 atom stereocenters. The molecular formula is C18H39NO4. The fourth-order valence-electron chi connectivity index (χ4n) is 2.32. The van der Waals surface area contributed by atoms with E-state index < -0.39 is 0 Å².